The molecule has 1 N–H and O–H groups in total. The van der Waals surface area contributed by atoms with Crippen molar-refractivity contribution in [3.8, 4) is 22.8 Å². The molecule has 0 radical (unpaired) electrons. The second kappa shape index (κ2) is 10.5. The molecule has 0 atom stereocenters. The number of H-pyrrole nitrogens is 1. The summed E-state index contributed by atoms with van der Waals surface area (Å²) >= 11 is 0. The lowest BCUT2D eigenvalue weighted by atomic mass is 10.0. The van der Waals surface area contributed by atoms with Crippen LogP contribution in [-0.2, 0) is 12.8 Å². The van der Waals surface area contributed by atoms with Crippen LogP contribution in [0.25, 0.3) is 11.3 Å². The summed E-state index contributed by atoms with van der Waals surface area (Å²) in [6.45, 7) is 4.42. The number of benzene rings is 2. The van der Waals surface area contributed by atoms with Gasteiger partial charge in [0.15, 0.2) is 11.5 Å². The molecule has 2 aromatic carbocycles. The highest BCUT2D eigenvalue weighted by molar-refractivity contribution is 5.95. The average molecular weight is 420 g/mol. The van der Waals surface area contributed by atoms with Gasteiger partial charge in [-0.25, -0.2) is 0 Å². The van der Waals surface area contributed by atoms with E-state index >= 15 is 0 Å². The Hall–Kier alpha value is -3.54. The number of carbonyl (C=O) groups excluding carboxylic acids is 1. The maximum atomic E-state index is 13.0. The number of aromatic nitrogens is 2. The molecule has 0 saturated carbocycles. The lowest BCUT2D eigenvalue weighted by Crippen LogP contribution is -2.28. The van der Waals surface area contributed by atoms with Crippen molar-refractivity contribution in [1.82, 2.24) is 15.1 Å². The molecule has 1 heterocycles. The van der Waals surface area contributed by atoms with Gasteiger partial charge in [0.05, 0.1) is 19.9 Å². The minimum Gasteiger partial charge on any atom is -0.493 e. The Labute approximate surface area is 183 Å². The van der Waals surface area contributed by atoms with Crippen LogP contribution in [0, 0.1) is 0 Å². The van der Waals surface area contributed by atoms with E-state index in [1.165, 1.54) is 0 Å². The average Bonchev–Trinajstić information content (AvgIpc) is 3.27. The van der Waals surface area contributed by atoms with Crippen LogP contribution in [0.4, 0.5) is 0 Å². The van der Waals surface area contributed by atoms with Crippen LogP contribution >= 0.6 is 0 Å². The molecule has 0 spiro atoms. The zero-order valence-corrected chi connectivity index (χ0v) is 18.4. The molecule has 3 rings (SSSR count). The summed E-state index contributed by atoms with van der Waals surface area (Å²) in [7, 11) is 4.98. The first-order valence-electron chi connectivity index (χ1n) is 10.3. The fraction of sp³-hybridized carbons (Fsp3) is 0.280. The maximum absolute atomic E-state index is 13.0. The minimum absolute atomic E-state index is 0.0548. The topological polar surface area (TPSA) is 67.5 Å². The van der Waals surface area contributed by atoms with Crippen molar-refractivity contribution >= 4 is 5.91 Å². The molecule has 0 saturated heterocycles. The fourth-order valence-electron chi connectivity index (χ4n) is 3.55. The third kappa shape index (κ3) is 5.34. The van der Waals surface area contributed by atoms with Crippen molar-refractivity contribution in [3.63, 3.8) is 0 Å². The van der Waals surface area contributed by atoms with Crippen molar-refractivity contribution < 1.29 is 14.3 Å². The molecule has 0 aliphatic heterocycles. The van der Waals surface area contributed by atoms with E-state index in [-0.39, 0.29) is 5.91 Å². The molecular weight excluding hydrogens is 390 g/mol. The number of amides is 1. The van der Waals surface area contributed by atoms with E-state index in [2.05, 4.69) is 22.8 Å². The second-order valence-corrected chi connectivity index (χ2v) is 7.34. The van der Waals surface area contributed by atoms with Crippen molar-refractivity contribution in [3.05, 3.63) is 78.0 Å². The molecule has 31 heavy (non-hydrogen) atoms. The Balaban J connectivity index is 1.63. The number of aromatic amines is 1. The van der Waals surface area contributed by atoms with Crippen molar-refractivity contribution in [2.75, 3.05) is 27.8 Å². The van der Waals surface area contributed by atoms with Gasteiger partial charge in [0.25, 0.3) is 5.91 Å². The molecule has 0 aliphatic carbocycles. The van der Waals surface area contributed by atoms with Crippen LogP contribution in [0.2, 0.25) is 0 Å². The van der Waals surface area contributed by atoms with Crippen LogP contribution in [0.15, 0.2) is 61.2 Å². The van der Waals surface area contributed by atoms with E-state index < -0.39 is 0 Å². The number of hydrogen-bond donors (Lipinski definition) is 1. The first kappa shape index (κ1) is 22.2. The number of methoxy groups -OCH3 is 2. The maximum Gasteiger partial charge on any atom is 0.253 e. The zero-order valence-electron chi connectivity index (χ0n) is 18.4. The first-order chi connectivity index (χ1) is 15.1. The molecule has 3 aromatic rings. The number of carbonyl (C=O) groups is 1. The molecule has 0 aliphatic rings. The largest absolute Gasteiger partial charge is 0.493 e. The summed E-state index contributed by atoms with van der Waals surface area (Å²) in [5.74, 6) is 1.13. The molecule has 162 valence electrons. The summed E-state index contributed by atoms with van der Waals surface area (Å²) in [6.07, 6.45) is 4.01. The first-order valence-corrected chi connectivity index (χ1v) is 10.3. The van der Waals surface area contributed by atoms with Crippen molar-refractivity contribution in [2.45, 2.75) is 19.3 Å². The Morgan fingerprint density at radius 1 is 1.16 bits per heavy atom. The van der Waals surface area contributed by atoms with E-state index in [4.69, 9.17) is 9.47 Å². The summed E-state index contributed by atoms with van der Waals surface area (Å²) < 4.78 is 10.9. The van der Waals surface area contributed by atoms with Crippen molar-refractivity contribution in [2.24, 2.45) is 0 Å². The minimum atomic E-state index is -0.0548. The molecule has 0 fully saturated rings. The quantitative estimate of drug-likeness (QED) is 0.491. The van der Waals surface area contributed by atoms with Gasteiger partial charge in [-0.2, -0.15) is 5.10 Å². The molecule has 6 heteroatoms. The number of hydrogen-bond acceptors (Lipinski definition) is 4. The Kier molecular flexibility index (Phi) is 7.49. The van der Waals surface area contributed by atoms with E-state index in [0.29, 0.717) is 30.0 Å². The summed E-state index contributed by atoms with van der Waals surface area (Å²) in [5.41, 5.74) is 4.52. The number of ether oxygens (including phenoxy) is 2. The number of nitrogens with zero attached hydrogens (tertiary/aromatic N) is 2. The molecule has 1 aromatic heterocycles. The standard InChI is InChI=1S/C25H29N3O3/c1-5-10-19-15-20(16-23(30-3)24(19)31-4)25(29)28(2)14-9-13-21-17-22(27-26-21)18-11-7-6-8-12-18/h5-8,11-12,15-17H,1,9-10,13-14H2,2-4H3,(H,26,27). The van der Waals surface area contributed by atoms with Crippen LogP contribution in [0.5, 0.6) is 11.5 Å². The highest BCUT2D eigenvalue weighted by atomic mass is 16.5. The lowest BCUT2D eigenvalue weighted by Gasteiger charge is -2.19. The monoisotopic (exact) mass is 419 g/mol. The van der Waals surface area contributed by atoms with Gasteiger partial charge < -0.3 is 14.4 Å². The third-order valence-corrected chi connectivity index (χ3v) is 5.15. The Bertz CT molecular complexity index is 1030. The highest BCUT2D eigenvalue weighted by Crippen LogP contribution is 2.33. The van der Waals surface area contributed by atoms with E-state index in [1.54, 1.807) is 31.3 Å². The highest BCUT2D eigenvalue weighted by Gasteiger charge is 2.18. The second-order valence-electron chi connectivity index (χ2n) is 7.34. The van der Waals surface area contributed by atoms with Gasteiger partial charge in [-0.3, -0.25) is 9.89 Å². The van der Waals surface area contributed by atoms with Gasteiger partial charge in [-0.05, 0) is 37.5 Å². The van der Waals surface area contributed by atoms with E-state index in [9.17, 15) is 4.79 Å². The number of allylic oxidation sites excluding steroid dienone is 1. The van der Waals surface area contributed by atoms with Crippen LogP contribution in [-0.4, -0.2) is 48.8 Å². The molecule has 1 amide bonds. The van der Waals surface area contributed by atoms with Gasteiger partial charge in [0.1, 0.15) is 0 Å². The van der Waals surface area contributed by atoms with Crippen LogP contribution in [0.1, 0.15) is 28.0 Å². The summed E-state index contributed by atoms with van der Waals surface area (Å²) in [6, 6.07) is 15.7. The third-order valence-electron chi connectivity index (χ3n) is 5.15. The Morgan fingerprint density at radius 2 is 1.94 bits per heavy atom. The van der Waals surface area contributed by atoms with Gasteiger partial charge in [-0.15, -0.1) is 6.58 Å². The molecular formula is C25H29N3O3. The Morgan fingerprint density at radius 3 is 2.61 bits per heavy atom. The predicted octanol–water partition coefficient (Wildman–Crippen LogP) is 4.53. The number of aryl methyl sites for hydroxylation is 1. The van der Waals surface area contributed by atoms with E-state index in [1.807, 2.05) is 43.4 Å². The fourth-order valence-corrected chi connectivity index (χ4v) is 3.55. The number of nitrogens with one attached hydrogen (secondary N) is 1. The smallest absolute Gasteiger partial charge is 0.253 e. The summed E-state index contributed by atoms with van der Waals surface area (Å²) in [5, 5.41) is 7.48. The van der Waals surface area contributed by atoms with Crippen LogP contribution < -0.4 is 9.47 Å². The van der Waals surface area contributed by atoms with Gasteiger partial charge in [0.2, 0.25) is 0 Å². The predicted molar refractivity (Wildman–Crippen MR) is 123 cm³/mol. The molecule has 0 bridgehead atoms. The molecule has 6 nitrogen and oxygen atoms in total. The van der Waals surface area contributed by atoms with Crippen LogP contribution in [0.3, 0.4) is 0 Å². The normalized spacial score (nSPS) is 10.5. The van der Waals surface area contributed by atoms with Gasteiger partial charge >= 0.3 is 0 Å². The SMILES string of the molecule is C=CCc1cc(C(=O)N(C)CCCc2cc(-c3ccccc3)n[nH]2)cc(OC)c1OC. The zero-order chi connectivity index (χ0) is 22.2. The molecule has 0 unspecified atom stereocenters. The lowest BCUT2D eigenvalue weighted by molar-refractivity contribution is 0.0793. The van der Waals surface area contributed by atoms with Gasteiger partial charge in [-0.1, -0.05) is 36.4 Å². The summed E-state index contributed by atoms with van der Waals surface area (Å²) in [4.78, 5) is 14.7. The number of rotatable bonds is 10. The van der Waals surface area contributed by atoms with E-state index in [0.717, 1.165) is 35.4 Å². The van der Waals surface area contributed by atoms with Gasteiger partial charge in [0, 0.05) is 36.0 Å². The van der Waals surface area contributed by atoms with Crippen molar-refractivity contribution in [1.29, 1.82) is 0 Å².